The zero-order valence-corrected chi connectivity index (χ0v) is 14.9. The molecule has 1 amide bonds. The Hall–Kier alpha value is -2.01. The first kappa shape index (κ1) is 16.5. The quantitative estimate of drug-likeness (QED) is 0.824. The lowest BCUT2D eigenvalue weighted by Crippen LogP contribution is -2.53. The summed E-state index contributed by atoms with van der Waals surface area (Å²) in [5.41, 5.74) is 3.00. The van der Waals surface area contributed by atoms with E-state index in [0.717, 1.165) is 39.0 Å². The highest BCUT2D eigenvalue weighted by Gasteiger charge is 2.31. The highest BCUT2D eigenvalue weighted by molar-refractivity contribution is 5.92. The first-order valence-corrected chi connectivity index (χ1v) is 9.29. The molecule has 1 aliphatic carbocycles. The van der Waals surface area contributed by atoms with E-state index >= 15 is 0 Å². The van der Waals surface area contributed by atoms with Gasteiger partial charge in [0.15, 0.2) is 0 Å². The predicted octanol–water partition coefficient (Wildman–Crippen LogP) is 1.97. The Labute approximate surface area is 149 Å². The number of fused-ring (bicyclic) bond motifs is 1. The molecule has 2 heterocycles. The van der Waals surface area contributed by atoms with E-state index in [0.29, 0.717) is 30.8 Å². The lowest BCUT2D eigenvalue weighted by Gasteiger charge is -2.41. The zero-order chi connectivity index (χ0) is 17.2. The molecule has 0 bridgehead atoms. The van der Waals surface area contributed by atoms with Crippen LogP contribution in [-0.2, 0) is 27.1 Å². The Morgan fingerprint density at radius 2 is 1.76 bits per heavy atom. The third-order valence-electron chi connectivity index (χ3n) is 5.60. The van der Waals surface area contributed by atoms with Gasteiger partial charge in [0.05, 0.1) is 0 Å². The van der Waals surface area contributed by atoms with Crippen molar-refractivity contribution in [3.63, 3.8) is 0 Å². The standard InChI is InChI=1S/C20H26N2O3/c1-15-19(25-13-12-24-15)20(23)22-10-8-21(9-11-22)18-7-6-16-4-2-3-5-17(16)14-18/h2-5,18H,6-14H2,1H3. The summed E-state index contributed by atoms with van der Waals surface area (Å²) in [7, 11) is 0. The summed E-state index contributed by atoms with van der Waals surface area (Å²) in [5, 5.41) is 0. The molecule has 1 aromatic rings. The van der Waals surface area contributed by atoms with Crippen molar-refractivity contribution in [3.8, 4) is 0 Å². The molecule has 5 heteroatoms. The van der Waals surface area contributed by atoms with Crippen molar-refractivity contribution in [2.45, 2.75) is 32.2 Å². The van der Waals surface area contributed by atoms with E-state index in [1.807, 2.05) is 11.8 Å². The molecule has 1 fully saturated rings. The Kier molecular flexibility index (Phi) is 4.66. The molecule has 0 aromatic heterocycles. The van der Waals surface area contributed by atoms with E-state index in [-0.39, 0.29) is 5.91 Å². The second kappa shape index (κ2) is 7.08. The number of amides is 1. The number of nitrogens with zero attached hydrogens (tertiary/aromatic N) is 2. The predicted molar refractivity (Wildman–Crippen MR) is 95.0 cm³/mol. The number of ether oxygens (including phenoxy) is 2. The first-order chi connectivity index (χ1) is 12.2. The fourth-order valence-corrected chi connectivity index (χ4v) is 4.14. The highest BCUT2D eigenvalue weighted by Crippen LogP contribution is 2.25. The minimum Gasteiger partial charge on any atom is -0.491 e. The number of rotatable bonds is 2. The minimum absolute atomic E-state index is 0.0224. The monoisotopic (exact) mass is 342 g/mol. The van der Waals surface area contributed by atoms with Gasteiger partial charge in [-0.1, -0.05) is 24.3 Å². The molecule has 1 aromatic carbocycles. The molecule has 0 N–H and O–H groups in total. The van der Waals surface area contributed by atoms with Gasteiger partial charge in [0.1, 0.15) is 19.0 Å². The number of benzene rings is 1. The molecule has 0 spiro atoms. The number of carbonyl (C=O) groups excluding carboxylic acids is 1. The van der Waals surface area contributed by atoms with Crippen molar-refractivity contribution in [1.29, 1.82) is 0 Å². The van der Waals surface area contributed by atoms with Crippen LogP contribution in [0.5, 0.6) is 0 Å². The fourth-order valence-electron chi connectivity index (χ4n) is 4.14. The fraction of sp³-hybridized carbons (Fsp3) is 0.550. The SMILES string of the molecule is CC1=C(C(=O)N2CCN(C3CCc4ccccc4C3)CC2)OCCO1. The molecule has 134 valence electrons. The molecule has 1 unspecified atom stereocenters. The Morgan fingerprint density at radius 1 is 1.04 bits per heavy atom. The molecule has 0 saturated carbocycles. The van der Waals surface area contributed by atoms with Gasteiger partial charge in [-0.15, -0.1) is 0 Å². The summed E-state index contributed by atoms with van der Waals surface area (Å²) >= 11 is 0. The Balaban J connectivity index is 1.35. The van der Waals surface area contributed by atoms with Gasteiger partial charge < -0.3 is 14.4 Å². The number of allylic oxidation sites excluding steroid dienone is 1. The van der Waals surface area contributed by atoms with Crippen molar-refractivity contribution in [2.24, 2.45) is 0 Å². The normalized spacial score (nSPS) is 24.4. The van der Waals surface area contributed by atoms with Crippen LogP contribution in [0.4, 0.5) is 0 Å². The Bertz CT molecular complexity index is 677. The third-order valence-corrected chi connectivity index (χ3v) is 5.60. The molecule has 5 nitrogen and oxygen atoms in total. The number of hydrogen-bond acceptors (Lipinski definition) is 4. The highest BCUT2D eigenvalue weighted by atomic mass is 16.6. The first-order valence-electron chi connectivity index (χ1n) is 9.29. The van der Waals surface area contributed by atoms with E-state index in [4.69, 9.17) is 9.47 Å². The second-order valence-corrected chi connectivity index (χ2v) is 7.08. The number of carbonyl (C=O) groups is 1. The molecule has 1 atom stereocenters. The minimum atomic E-state index is -0.0224. The number of hydrogen-bond donors (Lipinski definition) is 0. The second-order valence-electron chi connectivity index (χ2n) is 7.08. The van der Waals surface area contributed by atoms with Gasteiger partial charge in [0.25, 0.3) is 5.91 Å². The lowest BCUT2D eigenvalue weighted by atomic mass is 9.87. The summed E-state index contributed by atoms with van der Waals surface area (Å²) in [6.07, 6.45) is 3.51. The topological polar surface area (TPSA) is 42.0 Å². The van der Waals surface area contributed by atoms with E-state index in [1.54, 1.807) is 0 Å². The van der Waals surface area contributed by atoms with Crippen LogP contribution in [0.25, 0.3) is 0 Å². The van der Waals surface area contributed by atoms with Crippen molar-refractivity contribution in [1.82, 2.24) is 9.80 Å². The van der Waals surface area contributed by atoms with E-state index in [2.05, 4.69) is 29.2 Å². The Morgan fingerprint density at radius 3 is 2.52 bits per heavy atom. The number of piperazine rings is 1. The molecule has 3 aliphatic rings. The zero-order valence-electron chi connectivity index (χ0n) is 14.9. The number of aryl methyl sites for hydroxylation is 1. The summed E-state index contributed by atoms with van der Waals surface area (Å²) in [5.74, 6) is 0.986. The molecule has 1 saturated heterocycles. The summed E-state index contributed by atoms with van der Waals surface area (Å²) < 4.78 is 11.0. The van der Waals surface area contributed by atoms with Crippen LogP contribution in [0.15, 0.2) is 35.8 Å². The van der Waals surface area contributed by atoms with Gasteiger partial charge >= 0.3 is 0 Å². The molecule has 4 rings (SSSR count). The van der Waals surface area contributed by atoms with Crippen LogP contribution in [0, 0.1) is 0 Å². The molecule has 25 heavy (non-hydrogen) atoms. The lowest BCUT2D eigenvalue weighted by molar-refractivity contribution is -0.134. The van der Waals surface area contributed by atoms with Crippen LogP contribution < -0.4 is 0 Å². The summed E-state index contributed by atoms with van der Waals surface area (Å²) in [6.45, 7) is 6.19. The molecule has 0 radical (unpaired) electrons. The van der Waals surface area contributed by atoms with E-state index in [1.165, 1.54) is 17.5 Å². The van der Waals surface area contributed by atoms with Crippen LogP contribution >= 0.6 is 0 Å². The van der Waals surface area contributed by atoms with Gasteiger partial charge in [-0.25, -0.2) is 0 Å². The smallest absolute Gasteiger partial charge is 0.292 e. The maximum atomic E-state index is 12.7. The maximum Gasteiger partial charge on any atom is 0.292 e. The van der Waals surface area contributed by atoms with Gasteiger partial charge in [0, 0.05) is 32.2 Å². The van der Waals surface area contributed by atoms with Crippen LogP contribution in [0.3, 0.4) is 0 Å². The third kappa shape index (κ3) is 3.38. The molecular formula is C20H26N2O3. The van der Waals surface area contributed by atoms with Gasteiger partial charge in [0.2, 0.25) is 5.76 Å². The van der Waals surface area contributed by atoms with Crippen molar-refractivity contribution in [2.75, 3.05) is 39.4 Å². The van der Waals surface area contributed by atoms with Gasteiger partial charge in [-0.2, -0.15) is 0 Å². The van der Waals surface area contributed by atoms with Crippen LogP contribution in [-0.4, -0.2) is 61.1 Å². The average molecular weight is 342 g/mol. The van der Waals surface area contributed by atoms with Crippen molar-refractivity contribution < 1.29 is 14.3 Å². The summed E-state index contributed by atoms with van der Waals surface area (Å²) in [4.78, 5) is 17.1. The van der Waals surface area contributed by atoms with Crippen LogP contribution in [0.2, 0.25) is 0 Å². The van der Waals surface area contributed by atoms with Gasteiger partial charge in [-0.3, -0.25) is 9.69 Å². The molecule has 2 aliphatic heterocycles. The van der Waals surface area contributed by atoms with E-state index in [9.17, 15) is 4.79 Å². The van der Waals surface area contributed by atoms with E-state index < -0.39 is 0 Å². The van der Waals surface area contributed by atoms with Crippen LogP contribution in [0.1, 0.15) is 24.5 Å². The van der Waals surface area contributed by atoms with Crippen molar-refractivity contribution in [3.05, 3.63) is 46.9 Å². The average Bonchev–Trinajstić information content (AvgIpc) is 2.67. The van der Waals surface area contributed by atoms with Crippen molar-refractivity contribution >= 4 is 5.91 Å². The summed E-state index contributed by atoms with van der Waals surface area (Å²) in [6, 6.07) is 9.39. The van der Waals surface area contributed by atoms with Gasteiger partial charge in [-0.05, 0) is 37.3 Å². The molecular weight excluding hydrogens is 316 g/mol. The maximum absolute atomic E-state index is 12.7. The largest absolute Gasteiger partial charge is 0.491 e.